The third-order valence-electron chi connectivity index (χ3n) is 3.05. The van der Waals surface area contributed by atoms with Crippen LogP contribution in [0.4, 0.5) is 0 Å². The third-order valence-corrected chi connectivity index (χ3v) is 3.05. The molecule has 0 aliphatic heterocycles. The van der Waals surface area contributed by atoms with Gasteiger partial charge in [-0.1, -0.05) is 50.1 Å². The van der Waals surface area contributed by atoms with Gasteiger partial charge >= 0.3 is 5.97 Å². The van der Waals surface area contributed by atoms with Gasteiger partial charge in [0.05, 0.1) is 0 Å². The first-order valence-electron chi connectivity index (χ1n) is 6.77. The summed E-state index contributed by atoms with van der Waals surface area (Å²) in [6, 6.07) is 8.77. The zero-order valence-corrected chi connectivity index (χ0v) is 11.6. The standard InChI is InChI=1S/C15H23NO3/c1-3-4-8-11-19-14(13(16-2)15(17)18)12-9-6-5-7-10-12/h5-7,9-10,13-14,16H,3-4,8,11H2,1-2H3,(H,17,18)/t13-,14?/m0/s1. The average Bonchev–Trinajstić information content (AvgIpc) is 2.43. The van der Waals surface area contributed by atoms with E-state index in [1.807, 2.05) is 30.3 Å². The number of rotatable bonds is 9. The lowest BCUT2D eigenvalue weighted by Crippen LogP contribution is -2.40. The molecule has 0 amide bonds. The summed E-state index contributed by atoms with van der Waals surface area (Å²) in [5.74, 6) is -0.896. The predicted molar refractivity (Wildman–Crippen MR) is 75.1 cm³/mol. The molecular formula is C15H23NO3. The Morgan fingerprint density at radius 2 is 2.00 bits per heavy atom. The minimum Gasteiger partial charge on any atom is -0.480 e. The van der Waals surface area contributed by atoms with E-state index in [1.54, 1.807) is 7.05 Å². The van der Waals surface area contributed by atoms with Crippen molar-refractivity contribution < 1.29 is 14.6 Å². The van der Waals surface area contributed by atoms with E-state index in [-0.39, 0.29) is 0 Å². The van der Waals surface area contributed by atoms with E-state index < -0.39 is 18.1 Å². The number of carbonyl (C=O) groups is 1. The normalized spacial score (nSPS) is 14.0. The molecule has 1 unspecified atom stereocenters. The van der Waals surface area contributed by atoms with E-state index in [4.69, 9.17) is 4.74 Å². The molecule has 106 valence electrons. The summed E-state index contributed by atoms with van der Waals surface area (Å²) in [4.78, 5) is 11.3. The van der Waals surface area contributed by atoms with Crippen LogP contribution in [-0.4, -0.2) is 30.8 Å². The van der Waals surface area contributed by atoms with Gasteiger partial charge in [0.2, 0.25) is 0 Å². The van der Waals surface area contributed by atoms with Crippen molar-refractivity contribution in [3.8, 4) is 0 Å². The van der Waals surface area contributed by atoms with Gasteiger partial charge in [0.15, 0.2) is 0 Å². The number of ether oxygens (including phenoxy) is 1. The van der Waals surface area contributed by atoms with E-state index in [1.165, 1.54) is 0 Å². The maximum atomic E-state index is 11.3. The first-order valence-corrected chi connectivity index (χ1v) is 6.77. The second kappa shape index (κ2) is 8.67. The quantitative estimate of drug-likeness (QED) is 0.674. The molecule has 2 N–H and O–H groups in total. The van der Waals surface area contributed by atoms with Gasteiger partial charge in [-0.2, -0.15) is 0 Å². The summed E-state index contributed by atoms with van der Waals surface area (Å²) in [5, 5.41) is 12.1. The molecule has 0 fully saturated rings. The van der Waals surface area contributed by atoms with Crippen molar-refractivity contribution in [2.24, 2.45) is 0 Å². The molecule has 0 bridgehead atoms. The van der Waals surface area contributed by atoms with Crippen molar-refractivity contribution >= 4 is 5.97 Å². The molecule has 0 spiro atoms. The minimum atomic E-state index is -0.896. The Morgan fingerprint density at radius 3 is 2.53 bits per heavy atom. The molecule has 4 nitrogen and oxygen atoms in total. The largest absolute Gasteiger partial charge is 0.480 e. The van der Waals surface area contributed by atoms with E-state index in [9.17, 15) is 9.90 Å². The van der Waals surface area contributed by atoms with Crippen molar-refractivity contribution in [2.75, 3.05) is 13.7 Å². The van der Waals surface area contributed by atoms with Gasteiger partial charge in [-0.3, -0.25) is 4.79 Å². The SMILES string of the molecule is CCCCCOC(c1ccccc1)[C@H](NC)C(=O)O. The molecule has 0 saturated heterocycles. The van der Waals surface area contributed by atoms with Crippen molar-refractivity contribution in [1.29, 1.82) is 0 Å². The van der Waals surface area contributed by atoms with Crippen LogP contribution in [0.5, 0.6) is 0 Å². The number of hydrogen-bond donors (Lipinski definition) is 2. The van der Waals surface area contributed by atoms with Crippen LogP contribution in [0.2, 0.25) is 0 Å². The Hall–Kier alpha value is -1.39. The smallest absolute Gasteiger partial charge is 0.323 e. The van der Waals surface area contributed by atoms with Crippen LogP contribution in [0.15, 0.2) is 30.3 Å². The molecule has 19 heavy (non-hydrogen) atoms. The molecule has 0 aromatic heterocycles. The Labute approximate surface area is 114 Å². The maximum Gasteiger partial charge on any atom is 0.323 e. The first kappa shape index (κ1) is 15.7. The molecule has 0 saturated carbocycles. The second-order valence-electron chi connectivity index (χ2n) is 4.51. The van der Waals surface area contributed by atoms with Gasteiger partial charge in [-0.25, -0.2) is 0 Å². The van der Waals surface area contributed by atoms with Crippen LogP contribution in [0.3, 0.4) is 0 Å². The van der Waals surface area contributed by atoms with Crippen LogP contribution >= 0.6 is 0 Å². The molecule has 1 aromatic rings. The lowest BCUT2D eigenvalue weighted by molar-refractivity contribution is -0.144. The van der Waals surface area contributed by atoms with E-state index >= 15 is 0 Å². The van der Waals surface area contributed by atoms with Gasteiger partial charge in [0.25, 0.3) is 0 Å². The second-order valence-corrected chi connectivity index (χ2v) is 4.51. The first-order chi connectivity index (χ1) is 9.20. The van der Waals surface area contributed by atoms with E-state index in [2.05, 4.69) is 12.2 Å². The number of unbranched alkanes of at least 4 members (excludes halogenated alkanes) is 2. The average molecular weight is 265 g/mol. The molecule has 1 rings (SSSR count). The van der Waals surface area contributed by atoms with E-state index in [0.717, 1.165) is 24.8 Å². The Balaban J connectivity index is 2.75. The molecule has 2 atom stereocenters. The maximum absolute atomic E-state index is 11.3. The molecule has 0 heterocycles. The molecule has 0 aliphatic rings. The third kappa shape index (κ3) is 5.01. The molecule has 1 aromatic carbocycles. The Kier molecular flexibility index (Phi) is 7.15. The number of aliphatic carboxylic acids is 1. The lowest BCUT2D eigenvalue weighted by Gasteiger charge is -2.24. The minimum absolute atomic E-state index is 0.458. The number of carboxylic acids is 1. The number of carboxylic acid groups (broad SMARTS) is 1. The van der Waals surface area contributed by atoms with Crippen molar-refractivity contribution in [1.82, 2.24) is 5.32 Å². The fraction of sp³-hybridized carbons (Fsp3) is 0.533. The van der Waals surface area contributed by atoms with Gasteiger partial charge < -0.3 is 15.2 Å². The Bertz CT molecular complexity index is 367. The highest BCUT2D eigenvalue weighted by Gasteiger charge is 2.28. The van der Waals surface area contributed by atoms with Crippen molar-refractivity contribution in [2.45, 2.75) is 38.3 Å². The predicted octanol–water partition coefficient (Wildman–Crippen LogP) is 2.61. The van der Waals surface area contributed by atoms with Crippen LogP contribution in [-0.2, 0) is 9.53 Å². The zero-order valence-electron chi connectivity index (χ0n) is 11.6. The lowest BCUT2D eigenvalue weighted by atomic mass is 10.0. The molecule has 4 heteroatoms. The van der Waals surface area contributed by atoms with Crippen LogP contribution in [0.1, 0.15) is 37.9 Å². The van der Waals surface area contributed by atoms with Crippen LogP contribution in [0, 0.1) is 0 Å². The van der Waals surface area contributed by atoms with Gasteiger partial charge in [0.1, 0.15) is 12.1 Å². The summed E-state index contributed by atoms with van der Waals surface area (Å²) >= 11 is 0. The summed E-state index contributed by atoms with van der Waals surface area (Å²) in [6.07, 6.45) is 2.71. The molecular weight excluding hydrogens is 242 g/mol. The van der Waals surface area contributed by atoms with Crippen molar-refractivity contribution in [3.05, 3.63) is 35.9 Å². The number of nitrogens with one attached hydrogen (secondary N) is 1. The highest BCUT2D eigenvalue weighted by atomic mass is 16.5. The summed E-state index contributed by atoms with van der Waals surface area (Å²) in [6.45, 7) is 2.71. The van der Waals surface area contributed by atoms with Gasteiger partial charge in [0, 0.05) is 6.61 Å². The zero-order chi connectivity index (χ0) is 14.1. The fourth-order valence-corrected chi connectivity index (χ4v) is 1.99. The number of benzene rings is 1. The van der Waals surface area contributed by atoms with Gasteiger partial charge in [-0.05, 0) is 19.0 Å². The topological polar surface area (TPSA) is 58.6 Å². The van der Waals surface area contributed by atoms with E-state index in [0.29, 0.717) is 6.61 Å². The monoisotopic (exact) mass is 265 g/mol. The van der Waals surface area contributed by atoms with Crippen LogP contribution < -0.4 is 5.32 Å². The fourth-order valence-electron chi connectivity index (χ4n) is 1.99. The molecule has 0 aliphatic carbocycles. The number of likely N-dealkylation sites (N-methyl/N-ethyl adjacent to an activating group) is 1. The number of hydrogen-bond acceptors (Lipinski definition) is 3. The highest BCUT2D eigenvalue weighted by molar-refractivity contribution is 5.74. The van der Waals surface area contributed by atoms with Gasteiger partial charge in [-0.15, -0.1) is 0 Å². The summed E-state index contributed by atoms with van der Waals surface area (Å²) in [5.41, 5.74) is 0.890. The summed E-state index contributed by atoms with van der Waals surface area (Å²) in [7, 11) is 1.64. The highest BCUT2D eigenvalue weighted by Crippen LogP contribution is 2.22. The summed E-state index contributed by atoms with van der Waals surface area (Å²) < 4.78 is 5.80. The van der Waals surface area contributed by atoms with Crippen LogP contribution in [0.25, 0.3) is 0 Å². The molecule has 0 radical (unpaired) electrons. The Morgan fingerprint density at radius 1 is 1.32 bits per heavy atom. The van der Waals surface area contributed by atoms with Crippen molar-refractivity contribution in [3.63, 3.8) is 0 Å².